The van der Waals surface area contributed by atoms with Gasteiger partial charge in [-0.3, -0.25) is 4.90 Å². The molecule has 0 atom stereocenters. The minimum atomic E-state index is -2.95. The molecule has 0 radical (unpaired) electrons. The first-order valence-corrected chi connectivity index (χ1v) is 11.4. The molecule has 0 aliphatic carbocycles. The number of phenolic OH excluding ortho intramolecular Hbond substituents is 1. The van der Waals surface area contributed by atoms with Gasteiger partial charge in [0, 0.05) is 48.9 Å². The largest absolute Gasteiger partial charge is 0.508 e. The summed E-state index contributed by atoms with van der Waals surface area (Å²) in [5.74, 6) is -1.85. The van der Waals surface area contributed by atoms with Gasteiger partial charge in [-0.2, -0.15) is 4.98 Å². The van der Waals surface area contributed by atoms with Gasteiger partial charge in [-0.25, -0.2) is 18.6 Å². The number of aromatic hydroxyl groups is 1. The summed E-state index contributed by atoms with van der Waals surface area (Å²) in [6.45, 7) is 3.58. The first-order chi connectivity index (χ1) is 16.8. The zero-order chi connectivity index (χ0) is 24.6. The lowest BCUT2D eigenvalue weighted by Gasteiger charge is -2.28. The van der Waals surface area contributed by atoms with Crippen molar-refractivity contribution in [2.45, 2.75) is 19.3 Å². The van der Waals surface area contributed by atoms with Crippen molar-refractivity contribution < 1.29 is 23.4 Å². The molecule has 2 aromatic carbocycles. The van der Waals surface area contributed by atoms with Crippen molar-refractivity contribution in [2.24, 2.45) is 0 Å². The second-order valence-corrected chi connectivity index (χ2v) is 8.62. The number of morpholine rings is 1. The van der Waals surface area contributed by atoms with Crippen LogP contribution in [0.3, 0.4) is 0 Å². The molecule has 2 amide bonds. The molecule has 2 aliphatic heterocycles. The van der Waals surface area contributed by atoms with Crippen LogP contribution in [0.25, 0.3) is 11.3 Å². The summed E-state index contributed by atoms with van der Waals surface area (Å²) < 4.78 is 32.5. The molecule has 5 rings (SSSR count). The second-order valence-electron chi connectivity index (χ2n) is 8.62. The maximum Gasteiger partial charge on any atom is 0.327 e. The van der Waals surface area contributed by atoms with Gasteiger partial charge in [0.1, 0.15) is 11.6 Å². The van der Waals surface area contributed by atoms with E-state index in [1.54, 1.807) is 18.2 Å². The van der Waals surface area contributed by atoms with E-state index in [-0.39, 0.29) is 11.3 Å². The monoisotopic (exact) mass is 481 g/mol. The van der Waals surface area contributed by atoms with Crippen molar-refractivity contribution in [2.75, 3.05) is 48.0 Å². The predicted octanol–water partition coefficient (Wildman–Crippen LogP) is 4.39. The van der Waals surface area contributed by atoms with Crippen LogP contribution in [0.5, 0.6) is 5.75 Å². The van der Waals surface area contributed by atoms with Crippen LogP contribution in [0.15, 0.2) is 48.5 Å². The molecule has 1 aromatic heterocycles. The van der Waals surface area contributed by atoms with Gasteiger partial charge in [-0.1, -0.05) is 24.3 Å². The topological polar surface area (TPSA) is 90.8 Å². The van der Waals surface area contributed by atoms with Crippen molar-refractivity contribution in [1.29, 1.82) is 0 Å². The molecular formula is C25H25F2N5O3. The van der Waals surface area contributed by atoms with E-state index in [4.69, 9.17) is 14.7 Å². The number of alkyl halides is 2. The lowest BCUT2D eigenvalue weighted by atomic mass is 10.1. The summed E-state index contributed by atoms with van der Waals surface area (Å²) in [5.41, 5.74) is 2.49. The van der Waals surface area contributed by atoms with Crippen molar-refractivity contribution >= 4 is 23.5 Å². The zero-order valence-corrected chi connectivity index (χ0v) is 19.2. The van der Waals surface area contributed by atoms with Crippen LogP contribution in [0, 0.1) is 0 Å². The predicted molar refractivity (Wildman–Crippen MR) is 128 cm³/mol. The van der Waals surface area contributed by atoms with Crippen LogP contribution in [-0.4, -0.2) is 54.0 Å². The summed E-state index contributed by atoms with van der Waals surface area (Å²) in [7, 11) is 0. The van der Waals surface area contributed by atoms with E-state index in [1.807, 2.05) is 11.0 Å². The Morgan fingerprint density at radius 2 is 1.83 bits per heavy atom. The lowest BCUT2D eigenvalue weighted by molar-refractivity contribution is 0.0175. The first-order valence-electron chi connectivity index (χ1n) is 11.4. The Morgan fingerprint density at radius 1 is 1.09 bits per heavy atom. The summed E-state index contributed by atoms with van der Waals surface area (Å²) >= 11 is 0. The molecule has 0 spiro atoms. The smallest absolute Gasteiger partial charge is 0.327 e. The molecule has 2 N–H and O–H groups in total. The summed E-state index contributed by atoms with van der Waals surface area (Å²) in [4.78, 5) is 26.3. The zero-order valence-electron chi connectivity index (χ0n) is 19.2. The number of fused-ring (bicyclic) bond motifs is 1. The van der Waals surface area contributed by atoms with Crippen molar-refractivity contribution in [3.8, 4) is 17.0 Å². The van der Waals surface area contributed by atoms with Crippen LogP contribution >= 0.6 is 0 Å². The average Bonchev–Trinajstić information content (AvgIpc) is 3.28. The number of carbonyl (C=O) groups is 1. The number of carbonyl (C=O) groups excluding carboxylic acids is 1. The molecule has 2 aliphatic rings. The number of hydrogen-bond acceptors (Lipinski definition) is 6. The van der Waals surface area contributed by atoms with Gasteiger partial charge >= 0.3 is 6.03 Å². The van der Waals surface area contributed by atoms with E-state index in [9.17, 15) is 18.7 Å². The standard InChI is InChI=1S/C25H25F2N5O3/c1-25(26,27)17-5-7-18(8-6-17)28-24(34)32-10-9-20-21(16-3-2-4-19(33)15-16)29-23(30-22(20)32)31-11-13-35-14-12-31/h2-8,15,33H,9-14H2,1H3,(H,28,34). The van der Waals surface area contributed by atoms with E-state index < -0.39 is 12.0 Å². The number of rotatable bonds is 4. The van der Waals surface area contributed by atoms with Crippen molar-refractivity contribution in [3.05, 3.63) is 59.7 Å². The Labute approximate surface area is 201 Å². The first kappa shape index (κ1) is 23.0. The number of urea groups is 1. The lowest BCUT2D eigenvalue weighted by Crippen LogP contribution is -2.38. The Kier molecular flexibility index (Phi) is 5.98. The van der Waals surface area contributed by atoms with Crippen LogP contribution in [0.4, 0.5) is 31.0 Å². The van der Waals surface area contributed by atoms with Gasteiger partial charge in [-0.15, -0.1) is 0 Å². The van der Waals surface area contributed by atoms with E-state index in [0.29, 0.717) is 62.4 Å². The SMILES string of the molecule is CC(F)(F)c1ccc(NC(=O)N2CCc3c(-c4cccc(O)c4)nc(N4CCOCC4)nc32)cc1. The number of aromatic nitrogens is 2. The Bertz CT molecular complexity index is 1240. The number of anilines is 3. The molecule has 3 heterocycles. The van der Waals surface area contributed by atoms with Gasteiger partial charge in [-0.05, 0) is 30.7 Å². The van der Waals surface area contributed by atoms with Crippen LogP contribution in [0.1, 0.15) is 18.1 Å². The second kappa shape index (κ2) is 9.10. The highest BCUT2D eigenvalue weighted by Gasteiger charge is 2.32. The van der Waals surface area contributed by atoms with Crippen molar-refractivity contribution in [3.63, 3.8) is 0 Å². The number of nitrogens with one attached hydrogen (secondary N) is 1. The highest BCUT2D eigenvalue weighted by atomic mass is 19.3. The highest BCUT2D eigenvalue weighted by molar-refractivity contribution is 6.03. The van der Waals surface area contributed by atoms with Crippen molar-refractivity contribution in [1.82, 2.24) is 9.97 Å². The van der Waals surface area contributed by atoms with Gasteiger partial charge in [0.25, 0.3) is 5.92 Å². The quantitative estimate of drug-likeness (QED) is 0.574. The Balaban J connectivity index is 1.48. The average molecular weight is 482 g/mol. The molecular weight excluding hydrogens is 456 g/mol. The number of ether oxygens (including phenoxy) is 1. The van der Waals surface area contributed by atoms with E-state index in [2.05, 4.69) is 5.32 Å². The molecule has 0 saturated carbocycles. The summed E-state index contributed by atoms with van der Waals surface area (Å²) in [5, 5.41) is 12.8. The molecule has 8 nitrogen and oxygen atoms in total. The molecule has 0 unspecified atom stereocenters. The number of benzene rings is 2. The maximum absolute atomic E-state index is 13.5. The number of phenols is 1. The molecule has 35 heavy (non-hydrogen) atoms. The van der Waals surface area contributed by atoms with Crippen LogP contribution in [-0.2, 0) is 17.1 Å². The number of amides is 2. The molecule has 1 saturated heterocycles. The molecule has 182 valence electrons. The van der Waals surface area contributed by atoms with E-state index in [1.165, 1.54) is 29.2 Å². The fourth-order valence-corrected chi connectivity index (χ4v) is 4.28. The van der Waals surface area contributed by atoms with E-state index >= 15 is 0 Å². The third-order valence-electron chi connectivity index (χ3n) is 6.12. The summed E-state index contributed by atoms with van der Waals surface area (Å²) in [6, 6.07) is 11.9. The molecule has 3 aromatic rings. The van der Waals surface area contributed by atoms with Gasteiger partial charge in [0.15, 0.2) is 0 Å². The normalized spacial score (nSPS) is 15.7. The highest BCUT2D eigenvalue weighted by Crippen LogP contribution is 2.37. The molecule has 1 fully saturated rings. The minimum absolute atomic E-state index is 0.122. The van der Waals surface area contributed by atoms with Crippen LogP contribution in [0.2, 0.25) is 0 Å². The Morgan fingerprint density at radius 3 is 2.51 bits per heavy atom. The minimum Gasteiger partial charge on any atom is -0.508 e. The maximum atomic E-state index is 13.5. The fraction of sp³-hybridized carbons (Fsp3) is 0.320. The molecule has 0 bridgehead atoms. The third-order valence-corrected chi connectivity index (χ3v) is 6.12. The van der Waals surface area contributed by atoms with Crippen LogP contribution < -0.4 is 15.1 Å². The fourth-order valence-electron chi connectivity index (χ4n) is 4.28. The van der Waals surface area contributed by atoms with Gasteiger partial charge in [0.2, 0.25) is 5.95 Å². The van der Waals surface area contributed by atoms with Gasteiger partial charge in [0.05, 0.1) is 18.9 Å². The van der Waals surface area contributed by atoms with Gasteiger partial charge < -0.3 is 20.1 Å². The number of nitrogens with zero attached hydrogens (tertiary/aromatic N) is 4. The summed E-state index contributed by atoms with van der Waals surface area (Å²) in [6.07, 6.45) is 0.540. The third kappa shape index (κ3) is 4.74. The molecule has 10 heteroatoms. The van der Waals surface area contributed by atoms with E-state index in [0.717, 1.165) is 18.1 Å². The Hall–Kier alpha value is -3.79. The number of hydrogen-bond donors (Lipinski definition) is 2. The number of halogens is 2.